The molecule has 1 fully saturated rings. The smallest absolute Gasteiger partial charge is 0.207 e. The highest BCUT2D eigenvalue weighted by Crippen LogP contribution is 2.56. The number of alkyl halides is 2. The van der Waals surface area contributed by atoms with Crippen LogP contribution in [-0.4, -0.2) is 5.92 Å². The Kier molecular flexibility index (Phi) is 2.74. The maximum atomic E-state index is 12.6. The lowest BCUT2D eigenvalue weighted by molar-refractivity contribution is -0.165. The zero-order valence-electron chi connectivity index (χ0n) is 8.00. The summed E-state index contributed by atoms with van der Waals surface area (Å²) < 4.78 is 25.3. The summed E-state index contributed by atoms with van der Waals surface area (Å²) in [5.74, 6) is -2.34. The van der Waals surface area contributed by atoms with Crippen LogP contribution in [0.5, 0.6) is 0 Å². The van der Waals surface area contributed by atoms with Crippen molar-refractivity contribution >= 4 is 0 Å². The Bertz CT molecular complexity index is 144. The van der Waals surface area contributed by atoms with Gasteiger partial charge in [0.05, 0.1) is 0 Å². The molecular weight excluding hydrogens is 158 g/mol. The van der Waals surface area contributed by atoms with Crippen molar-refractivity contribution in [2.45, 2.75) is 58.3 Å². The van der Waals surface area contributed by atoms with Crippen molar-refractivity contribution in [2.75, 3.05) is 0 Å². The summed E-state index contributed by atoms with van der Waals surface area (Å²) >= 11 is 0. The van der Waals surface area contributed by atoms with Crippen molar-refractivity contribution in [1.29, 1.82) is 0 Å². The van der Waals surface area contributed by atoms with Crippen LogP contribution in [0.15, 0.2) is 0 Å². The van der Waals surface area contributed by atoms with Crippen LogP contribution < -0.4 is 0 Å². The maximum Gasteiger partial charge on any atom is 0.249 e. The van der Waals surface area contributed by atoms with Gasteiger partial charge in [-0.1, -0.05) is 33.1 Å². The number of unbranched alkanes of at least 4 members (excludes halogenated alkanes) is 1. The van der Waals surface area contributed by atoms with Gasteiger partial charge >= 0.3 is 0 Å². The van der Waals surface area contributed by atoms with Gasteiger partial charge in [0.2, 0.25) is 5.92 Å². The van der Waals surface area contributed by atoms with Crippen molar-refractivity contribution in [3.63, 3.8) is 0 Å². The first-order chi connectivity index (χ1) is 5.54. The second-order valence-electron chi connectivity index (χ2n) is 4.17. The summed E-state index contributed by atoms with van der Waals surface area (Å²) in [4.78, 5) is 0. The van der Waals surface area contributed by atoms with Crippen molar-refractivity contribution in [1.82, 2.24) is 0 Å². The molecule has 72 valence electrons. The molecule has 1 rings (SSSR count). The van der Waals surface area contributed by atoms with Gasteiger partial charge < -0.3 is 0 Å². The summed E-state index contributed by atoms with van der Waals surface area (Å²) in [6.45, 7) is 4.14. The summed E-state index contributed by atoms with van der Waals surface area (Å²) in [5, 5.41) is 0. The highest BCUT2D eigenvalue weighted by Gasteiger charge is 2.54. The SMILES string of the molecule is CCCCC1(CC)CC(F)(F)C1. The van der Waals surface area contributed by atoms with Crippen LogP contribution in [0, 0.1) is 5.41 Å². The summed E-state index contributed by atoms with van der Waals surface area (Å²) in [6, 6.07) is 0. The van der Waals surface area contributed by atoms with Crippen LogP contribution in [0.3, 0.4) is 0 Å². The molecule has 0 N–H and O–H groups in total. The molecule has 0 unspecified atom stereocenters. The molecule has 0 radical (unpaired) electrons. The fourth-order valence-corrected chi connectivity index (χ4v) is 2.20. The summed E-state index contributed by atoms with van der Waals surface area (Å²) in [7, 11) is 0. The topological polar surface area (TPSA) is 0 Å². The quantitative estimate of drug-likeness (QED) is 0.607. The molecule has 0 aromatic rings. The van der Waals surface area contributed by atoms with Gasteiger partial charge in [-0.25, -0.2) is 8.78 Å². The van der Waals surface area contributed by atoms with Crippen LogP contribution in [0.25, 0.3) is 0 Å². The Morgan fingerprint density at radius 2 is 1.75 bits per heavy atom. The number of halogens is 2. The third kappa shape index (κ3) is 1.96. The van der Waals surface area contributed by atoms with Gasteiger partial charge in [-0.2, -0.15) is 0 Å². The predicted molar refractivity (Wildman–Crippen MR) is 46.4 cm³/mol. The van der Waals surface area contributed by atoms with E-state index in [0.29, 0.717) is 0 Å². The number of rotatable bonds is 4. The van der Waals surface area contributed by atoms with Crippen LogP contribution in [0.1, 0.15) is 52.4 Å². The summed E-state index contributed by atoms with van der Waals surface area (Å²) in [6.07, 6.45) is 4.41. The van der Waals surface area contributed by atoms with E-state index in [9.17, 15) is 8.78 Å². The molecule has 2 heteroatoms. The van der Waals surface area contributed by atoms with Gasteiger partial charge in [-0.15, -0.1) is 0 Å². The molecule has 0 heterocycles. The number of hydrogen-bond donors (Lipinski definition) is 0. The van der Waals surface area contributed by atoms with Crippen LogP contribution in [0.4, 0.5) is 8.78 Å². The Morgan fingerprint density at radius 3 is 2.08 bits per heavy atom. The normalized spacial score (nSPS) is 25.0. The Morgan fingerprint density at radius 1 is 1.17 bits per heavy atom. The van der Waals surface area contributed by atoms with Crippen molar-refractivity contribution in [3.05, 3.63) is 0 Å². The molecule has 1 aliphatic rings. The van der Waals surface area contributed by atoms with Crippen LogP contribution in [-0.2, 0) is 0 Å². The van der Waals surface area contributed by atoms with E-state index in [-0.39, 0.29) is 18.3 Å². The average molecular weight is 176 g/mol. The second kappa shape index (κ2) is 3.31. The van der Waals surface area contributed by atoms with Crippen molar-refractivity contribution in [3.8, 4) is 0 Å². The molecule has 0 spiro atoms. The third-order valence-electron chi connectivity index (χ3n) is 3.08. The molecule has 1 aliphatic carbocycles. The predicted octanol–water partition coefficient (Wildman–Crippen LogP) is 4.00. The first-order valence-corrected chi connectivity index (χ1v) is 4.91. The highest BCUT2D eigenvalue weighted by atomic mass is 19.3. The highest BCUT2D eigenvalue weighted by molar-refractivity contribution is 4.97. The largest absolute Gasteiger partial charge is 0.249 e. The average Bonchev–Trinajstić information content (AvgIpc) is 1.96. The third-order valence-corrected chi connectivity index (χ3v) is 3.08. The van der Waals surface area contributed by atoms with Gasteiger partial charge in [-0.3, -0.25) is 0 Å². The lowest BCUT2D eigenvalue weighted by Gasteiger charge is -2.47. The lowest BCUT2D eigenvalue weighted by atomic mass is 9.62. The molecule has 0 saturated heterocycles. The Balaban J connectivity index is 2.36. The van der Waals surface area contributed by atoms with E-state index in [1.165, 1.54) is 0 Å². The van der Waals surface area contributed by atoms with Gasteiger partial charge in [-0.05, 0) is 11.8 Å². The fraction of sp³-hybridized carbons (Fsp3) is 1.00. The first kappa shape index (κ1) is 9.94. The zero-order chi connectivity index (χ0) is 9.24. The molecule has 12 heavy (non-hydrogen) atoms. The van der Waals surface area contributed by atoms with E-state index in [1.807, 2.05) is 6.92 Å². The van der Waals surface area contributed by atoms with Gasteiger partial charge in [0.15, 0.2) is 0 Å². The molecule has 0 atom stereocenters. The lowest BCUT2D eigenvalue weighted by Crippen LogP contribution is -2.45. The minimum Gasteiger partial charge on any atom is -0.207 e. The standard InChI is InChI=1S/C10H18F2/c1-3-5-6-9(4-2)7-10(11,12)8-9/h3-8H2,1-2H3. The van der Waals surface area contributed by atoms with Gasteiger partial charge in [0, 0.05) is 12.8 Å². The zero-order valence-corrected chi connectivity index (χ0v) is 8.00. The van der Waals surface area contributed by atoms with Crippen molar-refractivity contribution in [2.24, 2.45) is 5.41 Å². The van der Waals surface area contributed by atoms with Gasteiger partial charge in [0.1, 0.15) is 0 Å². The van der Waals surface area contributed by atoms with Crippen LogP contribution in [0.2, 0.25) is 0 Å². The van der Waals surface area contributed by atoms with E-state index in [4.69, 9.17) is 0 Å². The molecule has 0 aromatic carbocycles. The molecule has 0 nitrogen and oxygen atoms in total. The Labute approximate surface area is 73.3 Å². The molecule has 1 saturated carbocycles. The molecule has 0 bridgehead atoms. The molecular formula is C10H18F2. The first-order valence-electron chi connectivity index (χ1n) is 4.91. The maximum absolute atomic E-state index is 12.6. The second-order valence-corrected chi connectivity index (χ2v) is 4.17. The summed E-state index contributed by atoms with van der Waals surface area (Å²) in [5.41, 5.74) is -0.000486. The van der Waals surface area contributed by atoms with E-state index >= 15 is 0 Å². The minimum absolute atomic E-state index is 0.000486. The van der Waals surface area contributed by atoms with Crippen LogP contribution >= 0.6 is 0 Å². The molecule has 0 aliphatic heterocycles. The number of hydrogen-bond acceptors (Lipinski definition) is 0. The van der Waals surface area contributed by atoms with E-state index in [0.717, 1.165) is 25.7 Å². The van der Waals surface area contributed by atoms with E-state index < -0.39 is 5.92 Å². The monoisotopic (exact) mass is 176 g/mol. The van der Waals surface area contributed by atoms with Gasteiger partial charge in [0.25, 0.3) is 0 Å². The van der Waals surface area contributed by atoms with E-state index in [1.54, 1.807) is 0 Å². The Hall–Kier alpha value is -0.140. The molecule has 0 amide bonds. The van der Waals surface area contributed by atoms with Crippen molar-refractivity contribution < 1.29 is 8.78 Å². The molecule has 0 aromatic heterocycles. The fourth-order valence-electron chi connectivity index (χ4n) is 2.20. The van der Waals surface area contributed by atoms with E-state index in [2.05, 4.69) is 6.92 Å². The minimum atomic E-state index is -2.34.